The van der Waals surface area contributed by atoms with E-state index >= 15 is 0 Å². The normalized spacial score (nSPS) is 10.2. The fourth-order valence-electron chi connectivity index (χ4n) is 1.50. The van der Waals surface area contributed by atoms with Crippen LogP contribution >= 0.6 is 0 Å². The van der Waals surface area contributed by atoms with Crippen molar-refractivity contribution in [2.24, 2.45) is 0 Å². The van der Waals surface area contributed by atoms with E-state index in [4.69, 9.17) is 9.84 Å². The van der Waals surface area contributed by atoms with Crippen molar-refractivity contribution in [3.05, 3.63) is 41.5 Å². The zero-order valence-corrected chi connectivity index (χ0v) is 10.2. The fraction of sp³-hybridized carbons (Fsp3) is 0.167. The van der Waals surface area contributed by atoms with Crippen molar-refractivity contribution >= 4 is 12.3 Å². The summed E-state index contributed by atoms with van der Waals surface area (Å²) in [5, 5.41) is 15.7. The van der Waals surface area contributed by atoms with E-state index in [2.05, 4.69) is 10.3 Å². The van der Waals surface area contributed by atoms with Gasteiger partial charge in [0.05, 0.1) is 12.7 Å². The van der Waals surface area contributed by atoms with Crippen LogP contribution in [0.5, 0.6) is 5.75 Å². The zero-order chi connectivity index (χ0) is 14.5. The largest absolute Gasteiger partial charge is 0.492 e. The van der Waals surface area contributed by atoms with E-state index in [9.17, 15) is 14.0 Å². The van der Waals surface area contributed by atoms with Crippen LogP contribution in [-0.4, -0.2) is 39.0 Å². The van der Waals surface area contributed by atoms with Crippen LogP contribution in [0, 0.1) is 5.82 Å². The molecule has 2 aromatic rings. The van der Waals surface area contributed by atoms with Crippen LogP contribution in [0.1, 0.15) is 20.8 Å². The minimum absolute atomic E-state index is 0.129. The van der Waals surface area contributed by atoms with E-state index in [1.807, 2.05) is 0 Å². The van der Waals surface area contributed by atoms with E-state index in [0.29, 0.717) is 6.29 Å². The molecule has 0 aliphatic carbocycles. The summed E-state index contributed by atoms with van der Waals surface area (Å²) in [6.45, 7) is 0.372. The van der Waals surface area contributed by atoms with Gasteiger partial charge in [-0.25, -0.2) is 13.9 Å². The van der Waals surface area contributed by atoms with Gasteiger partial charge < -0.3 is 9.84 Å². The third-order valence-corrected chi connectivity index (χ3v) is 2.38. The third-order valence-electron chi connectivity index (χ3n) is 2.38. The summed E-state index contributed by atoms with van der Waals surface area (Å²) < 4.78 is 19.7. The third kappa shape index (κ3) is 3.37. The molecule has 1 heterocycles. The Balaban J connectivity index is 1.93. The fourth-order valence-corrected chi connectivity index (χ4v) is 1.50. The average Bonchev–Trinajstić information content (AvgIpc) is 2.87. The van der Waals surface area contributed by atoms with Crippen molar-refractivity contribution in [2.45, 2.75) is 6.54 Å². The molecule has 0 aliphatic rings. The van der Waals surface area contributed by atoms with Crippen LogP contribution < -0.4 is 4.74 Å². The first-order valence-corrected chi connectivity index (χ1v) is 5.60. The second-order valence-corrected chi connectivity index (χ2v) is 3.86. The number of carboxylic acid groups (broad SMARTS) is 1. The Bertz CT molecular complexity index is 641. The van der Waals surface area contributed by atoms with Gasteiger partial charge in [-0.2, -0.15) is 0 Å². The van der Waals surface area contributed by atoms with E-state index in [1.165, 1.54) is 16.9 Å². The molecule has 0 bridgehead atoms. The number of benzene rings is 1. The molecule has 0 saturated heterocycles. The zero-order valence-electron chi connectivity index (χ0n) is 10.2. The number of aromatic carboxylic acids is 1. The van der Waals surface area contributed by atoms with Gasteiger partial charge >= 0.3 is 5.97 Å². The second-order valence-electron chi connectivity index (χ2n) is 3.86. The number of nitrogens with zero attached hydrogens (tertiary/aromatic N) is 3. The number of aromatic nitrogens is 3. The summed E-state index contributed by atoms with van der Waals surface area (Å²) in [6.07, 6.45) is 1.78. The van der Waals surface area contributed by atoms with Crippen LogP contribution in [0.2, 0.25) is 0 Å². The summed E-state index contributed by atoms with van der Waals surface area (Å²) >= 11 is 0. The Labute approximate surface area is 112 Å². The number of hydrogen-bond acceptors (Lipinski definition) is 5. The number of ether oxygens (including phenoxy) is 1. The lowest BCUT2D eigenvalue weighted by molar-refractivity contribution is 0.0690. The van der Waals surface area contributed by atoms with Crippen molar-refractivity contribution in [3.8, 4) is 5.75 Å². The quantitative estimate of drug-likeness (QED) is 0.793. The molecule has 1 aromatic heterocycles. The molecule has 20 heavy (non-hydrogen) atoms. The monoisotopic (exact) mass is 279 g/mol. The van der Waals surface area contributed by atoms with E-state index in [0.717, 1.165) is 12.1 Å². The van der Waals surface area contributed by atoms with E-state index < -0.39 is 11.8 Å². The molecule has 0 atom stereocenters. The first kappa shape index (κ1) is 13.7. The maximum absolute atomic E-state index is 13.1. The molecule has 1 aromatic carbocycles. The average molecular weight is 279 g/mol. The maximum atomic E-state index is 13.1. The van der Waals surface area contributed by atoms with Gasteiger partial charge in [0.25, 0.3) is 0 Å². The number of carboxylic acids is 1. The van der Waals surface area contributed by atoms with E-state index in [1.54, 1.807) is 0 Å². The number of carbonyl (C=O) groups is 2. The highest BCUT2D eigenvalue weighted by Gasteiger charge is 2.08. The molecular weight excluding hydrogens is 269 g/mol. The number of aldehydes is 1. The van der Waals surface area contributed by atoms with Crippen LogP contribution in [0.25, 0.3) is 0 Å². The SMILES string of the molecule is O=Cc1cc(F)cc(OCCn2cc(C(=O)O)nn2)c1. The number of carbonyl (C=O) groups excluding carboxylic acids is 1. The summed E-state index contributed by atoms with van der Waals surface area (Å²) in [4.78, 5) is 21.2. The number of rotatable bonds is 6. The number of hydrogen-bond donors (Lipinski definition) is 1. The smallest absolute Gasteiger partial charge is 0.358 e. The highest BCUT2D eigenvalue weighted by Crippen LogP contribution is 2.15. The van der Waals surface area contributed by atoms with Gasteiger partial charge in [0, 0.05) is 11.6 Å². The molecule has 8 heteroatoms. The van der Waals surface area contributed by atoms with Crippen LogP contribution in [0.4, 0.5) is 4.39 Å². The van der Waals surface area contributed by atoms with Gasteiger partial charge in [-0.15, -0.1) is 5.10 Å². The predicted molar refractivity (Wildman–Crippen MR) is 64.3 cm³/mol. The summed E-state index contributed by atoms with van der Waals surface area (Å²) in [5.74, 6) is -1.53. The van der Waals surface area contributed by atoms with Gasteiger partial charge in [-0.3, -0.25) is 4.79 Å². The lowest BCUT2D eigenvalue weighted by Gasteiger charge is -2.06. The molecule has 0 saturated carbocycles. The molecular formula is C12H10FN3O4. The molecule has 0 fully saturated rings. The first-order valence-electron chi connectivity index (χ1n) is 5.60. The Morgan fingerprint density at radius 2 is 2.25 bits per heavy atom. The maximum Gasteiger partial charge on any atom is 0.358 e. The van der Waals surface area contributed by atoms with Crippen molar-refractivity contribution in [3.63, 3.8) is 0 Å². The Kier molecular flexibility index (Phi) is 4.04. The molecule has 0 amide bonds. The van der Waals surface area contributed by atoms with Crippen molar-refractivity contribution in [1.29, 1.82) is 0 Å². The molecule has 0 radical (unpaired) electrons. The van der Waals surface area contributed by atoms with Gasteiger partial charge in [0.1, 0.15) is 24.5 Å². The highest BCUT2D eigenvalue weighted by molar-refractivity contribution is 5.84. The van der Waals surface area contributed by atoms with Crippen molar-refractivity contribution < 1.29 is 23.8 Å². The van der Waals surface area contributed by atoms with Gasteiger partial charge in [0.2, 0.25) is 0 Å². The molecule has 1 N–H and O–H groups in total. The summed E-state index contributed by atoms with van der Waals surface area (Å²) in [5.41, 5.74) is 0.00733. The molecule has 0 spiro atoms. The highest BCUT2D eigenvalue weighted by atomic mass is 19.1. The van der Waals surface area contributed by atoms with Gasteiger partial charge in [0.15, 0.2) is 5.69 Å². The van der Waals surface area contributed by atoms with E-state index in [-0.39, 0.29) is 30.2 Å². The van der Waals surface area contributed by atoms with Crippen LogP contribution in [0.3, 0.4) is 0 Å². The molecule has 0 aliphatic heterocycles. The lowest BCUT2D eigenvalue weighted by atomic mass is 10.2. The van der Waals surface area contributed by atoms with Crippen molar-refractivity contribution in [1.82, 2.24) is 15.0 Å². The Hall–Kier alpha value is -2.77. The minimum Gasteiger partial charge on any atom is -0.492 e. The Morgan fingerprint density at radius 3 is 2.90 bits per heavy atom. The summed E-state index contributed by atoms with van der Waals surface area (Å²) in [6, 6.07) is 3.65. The minimum atomic E-state index is -1.17. The lowest BCUT2D eigenvalue weighted by Crippen LogP contribution is -2.09. The molecule has 7 nitrogen and oxygen atoms in total. The topological polar surface area (TPSA) is 94.3 Å². The van der Waals surface area contributed by atoms with Gasteiger partial charge in [-0.05, 0) is 12.1 Å². The van der Waals surface area contributed by atoms with Crippen LogP contribution in [0.15, 0.2) is 24.4 Å². The standard InChI is InChI=1S/C12H10FN3O4/c13-9-3-8(7-17)4-10(5-9)20-2-1-16-6-11(12(18)19)14-15-16/h3-7H,1-2H2,(H,18,19). The van der Waals surface area contributed by atoms with Gasteiger partial charge in [-0.1, -0.05) is 5.21 Å². The predicted octanol–water partition coefficient (Wildman–Crippen LogP) is 1.01. The molecule has 0 unspecified atom stereocenters. The summed E-state index contributed by atoms with van der Waals surface area (Å²) in [7, 11) is 0. The molecule has 104 valence electrons. The van der Waals surface area contributed by atoms with Crippen molar-refractivity contribution in [2.75, 3.05) is 6.61 Å². The number of halogens is 1. The van der Waals surface area contributed by atoms with Crippen LogP contribution in [-0.2, 0) is 6.54 Å². The second kappa shape index (κ2) is 5.91. The Morgan fingerprint density at radius 1 is 1.45 bits per heavy atom. The molecule has 2 rings (SSSR count). The first-order chi connectivity index (χ1) is 9.58.